The van der Waals surface area contributed by atoms with Crippen molar-refractivity contribution < 1.29 is 4.79 Å². The number of carbonyl (C=O) groups is 1. The second-order valence-corrected chi connectivity index (χ2v) is 4.16. The van der Waals surface area contributed by atoms with Crippen LogP contribution in [0.2, 0.25) is 0 Å². The summed E-state index contributed by atoms with van der Waals surface area (Å²) >= 11 is 0. The number of anilines is 2. The van der Waals surface area contributed by atoms with Gasteiger partial charge in [0.25, 0.3) is 0 Å². The largest absolute Gasteiger partial charge is 0.376 e. The topological polar surface area (TPSA) is 66.0 Å². The third kappa shape index (κ3) is 3.94. The van der Waals surface area contributed by atoms with Crippen LogP contribution in [0.1, 0.15) is 19.8 Å². The summed E-state index contributed by atoms with van der Waals surface area (Å²) in [5.41, 5.74) is 0.905. The Kier molecular flexibility index (Phi) is 3.80. The molecule has 92 valence electrons. The smallest absolute Gasteiger partial charge is 0.239 e. The van der Waals surface area contributed by atoms with Gasteiger partial charge in [-0.25, -0.2) is 4.98 Å². The monoisotopic (exact) mass is 234 g/mol. The molecule has 0 atom stereocenters. The molecule has 0 unspecified atom stereocenters. The summed E-state index contributed by atoms with van der Waals surface area (Å²) in [5, 5.41) is 9.14. The summed E-state index contributed by atoms with van der Waals surface area (Å²) in [4.78, 5) is 15.6. The lowest BCUT2D eigenvalue weighted by Crippen LogP contribution is -2.31. The number of nitrogens with one attached hydrogen (secondary N) is 3. The van der Waals surface area contributed by atoms with Gasteiger partial charge in [-0.15, -0.1) is 0 Å². The van der Waals surface area contributed by atoms with Gasteiger partial charge in [0.1, 0.15) is 5.82 Å². The zero-order valence-corrected chi connectivity index (χ0v) is 9.99. The van der Waals surface area contributed by atoms with Gasteiger partial charge in [-0.3, -0.25) is 4.79 Å². The predicted octanol–water partition coefficient (Wildman–Crippen LogP) is 1.20. The molecule has 1 aromatic rings. The van der Waals surface area contributed by atoms with E-state index in [-0.39, 0.29) is 5.91 Å². The highest BCUT2D eigenvalue weighted by molar-refractivity contribution is 5.81. The first kappa shape index (κ1) is 11.7. The van der Waals surface area contributed by atoms with E-state index < -0.39 is 0 Å². The van der Waals surface area contributed by atoms with Crippen LogP contribution in [0.3, 0.4) is 0 Å². The highest BCUT2D eigenvalue weighted by atomic mass is 16.2. The summed E-state index contributed by atoms with van der Waals surface area (Å²) in [6.45, 7) is 3.16. The lowest BCUT2D eigenvalue weighted by Gasteiger charge is -2.08. The Labute approximate surface area is 101 Å². The van der Waals surface area contributed by atoms with Gasteiger partial charge in [0.15, 0.2) is 0 Å². The second-order valence-electron chi connectivity index (χ2n) is 4.16. The summed E-state index contributed by atoms with van der Waals surface area (Å²) in [7, 11) is 0. The van der Waals surface area contributed by atoms with E-state index in [0.29, 0.717) is 12.6 Å². The van der Waals surface area contributed by atoms with Crippen molar-refractivity contribution in [1.82, 2.24) is 10.3 Å². The van der Waals surface area contributed by atoms with E-state index in [1.165, 1.54) is 0 Å². The molecule has 0 aliphatic heterocycles. The molecule has 0 radical (unpaired) electrons. The van der Waals surface area contributed by atoms with E-state index in [1.807, 2.05) is 19.1 Å². The molecule has 0 bridgehead atoms. The first-order valence-corrected chi connectivity index (χ1v) is 6.01. The molecule has 17 heavy (non-hydrogen) atoms. The van der Waals surface area contributed by atoms with Crippen LogP contribution in [-0.2, 0) is 4.79 Å². The lowest BCUT2D eigenvalue weighted by molar-refractivity contribution is -0.119. The van der Waals surface area contributed by atoms with Gasteiger partial charge in [-0.2, -0.15) is 0 Å². The third-order valence-corrected chi connectivity index (χ3v) is 2.51. The fraction of sp³-hybridized carbons (Fsp3) is 0.500. The standard InChI is InChI=1S/C12H18N4O/c1-2-13-11-7-10(5-6-14-11)15-8-12(17)16-9-3-4-9/h5-7,9H,2-4,8H2,1H3,(H,16,17)(H2,13,14,15). The van der Waals surface area contributed by atoms with Gasteiger partial charge < -0.3 is 16.0 Å². The minimum atomic E-state index is 0.0503. The number of hydrogen-bond donors (Lipinski definition) is 3. The zero-order chi connectivity index (χ0) is 12.1. The number of amides is 1. The number of hydrogen-bond acceptors (Lipinski definition) is 4. The molecule has 0 saturated heterocycles. The molecular weight excluding hydrogens is 216 g/mol. The van der Waals surface area contributed by atoms with Crippen molar-refractivity contribution in [3.8, 4) is 0 Å². The molecule has 1 aromatic heterocycles. The maximum Gasteiger partial charge on any atom is 0.239 e. The Bertz CT molecular complexity index is 390. The van der Waals surface area contributed by atoms with Gasteiger partial charge in [-0.1, -0.05) is 0 Å². The molecule has 2 rings (SSSR count). The van der Waals surface area contributed by atoms with E-state index in [4.69, 9.17) is 0 Å². The Morgan fingerprint density at radius 1 is 1.47 bits per heavy atom. The first-order chi connectivity index (χ1) is 8.28. The Balaban J connectivity index is 1.80. The van der Waals surface area contributed by atoms with Gasteiger partial charge in [0.05, 0.1) is 6.54 Å². The molecule has 5 nitrogen and oxygen atoms in total. The van der Waals surface area contributed by atoms with Crippen molar-refractivity contribution in [3.05, 3.63) is 18.3 Å². The summed E-state index contributed by atoms with van der Waals surface area (Å²) < 4.78 is 0. The molecule has 1 fully saturated rings. The summed E-state index contributed by atoms with van der Waals surface area (Å²) in [6.07, 6.45) is 3.95. The van der Waals surface area contributed by atoms with Crippen LogP contribution in [0.25, 0.3) is 0 Å². The average molecular weight is 234 g/mol. The minimum absolute atomic E-state index is 0.0503. The van der Waals surface area contributed by atoms with Crippen LogP contribution in [0.5, 0.6) is 0 Å². The van der Waals surface area contributed by atoms with Crippen molar-refractivity contribution in [2.45, 2.75) is 25.8 Å². The Hall–Kier alpha value is -1.78. The minimum Gasteiger partial charge on any atom is -0.376 e. The molecule has 1 amide bonds. The highest BCUT2D eigenvalue weighted by Gasteiger charge is 2.22. The molecule has 1 saturated carbocycles. The van der Waals surface area contributed by atoms with Crippen molar-refractivity contribution in [1.29, 1.82) is 0 Å². The zero-order valence-electron chi connectivity index (χ0n) is 9.99. The second kappa shape index (κ2) is 5.52. The van der Waals surface area contributed by atoms with Crippen molar-refractivity contribution >= 4 is 17.4 Å². The Morgan fingerprint density at radius 3 is 3.00 bits per heavy atom. The maximum atomic E-state index is 11.5. The van der Waals surface area contributed by atoms with Crippen LogP contribution in [-0.4, -0.2) is 30.0 Å². The van der Waals surface area contributed by atoms with Crippen molar-refractivity contribution in [3.63, 3.8) is 0 Å². The van der Waals surface area contributed by atoms with Gasteiger partial charge in [0.2, 0.25) is 5.91 Å². The normalized spacial score (nSPS) is 14.2. The molecular formula is C12H18N4O. The molecule has 1 aliphatic carbocycles. The van der Waals surface area contributed by atoms with Crippen molar-refractivity contribution in [2.24, 2.45) is 0 Å². The summed E-state index contributed by atoms with van der Waals surface area (Å²) in [5.74, 6) is 0.870. The number of pyridine rings is 1. The molecule has 3 N–H and O–H groups in total. The van der Waals surface area contributed by atoms with E-state index in [2.05, 4.69) is 20.9 Å². The molecule has 0 aromatic carbocycles. The average Bonchev–Trinajstić information content (AvgIpc) is 3.11. The van der Waals surface area contributed by atoms with E-state index in [1.54, 1.807) is 6.20 Å². The van der Waals surface area contributed by atoms with E-state index in [9.17, 15) is 4.79 Å². The molecule has 1 aliphatic rings. The first-order valence-electron chi connectivity index (χ1n) is 6.01. The van der Waals surface area contributed by atoms with E-state index >= 15 is 0 Å². The van der Waals surface area contributed by atoms with Gasteiger partial charge in [0, 0.05) is 30.5 Å². The fourth-order valence-corrected chi connectivity index (χ4v) is 1.51. The fourth-order valence-electron chi connectivity index (χ4n) is 1.51. The third-order valence-electron chi connectivity index (χ3n) is 2.51. The van der Waals surface area contributed by atoms with Gasteiger partial charge >= 0.3 is 0 Å². The predicted molar refractivity (Wildman–Crippen MR) is 68.1 cm³/mol. The SMILES string of the molecule is CCNc1cc(NCC(=O)NC2CC2)ccn1. The number of aromatic nitrogens is 1. The number of carbonyl (C=O) groups excluding carboxylic acids is 1. The van der Waals surface area contributed by atoms with Crippen LogP contribution < -0.4 is 16.0 Å². The van der Waals surface area contributed by atoms with Crippen LogP contribution in [0.15, 0.2) is 18.3 Å². The maximum absolute atomic E-state index is 11.5. The van der Waals surface area contributed by atoms with E-state index in [0.717, 1.165) is 30.9 Å². The van der Waals surface area contributed by atoms with Crippen LogP contribution in [0, 0.1) is 0 Å². The quantitative estimate of drug-likeness (QED) is 0.692. The van der Waals surface area contributed by atoms with Gasteiger partial charge in [-0.05, 0) is 25.8 Å². The highest BCUT2D eigenvalue weighted by Crippen LogP contribution is 2.18. The van der Waals surface area contributed by atoms with Crippen LogP contribution in [0.4, 0.5) is 11.5 Å². The molecule has 0 spiro atoms. The lowest BCUT2D eigenvalue weighted by atomic mass is 10.3. The molecule has 5 heteroatoms. The number of nitrogens with zero attached hydrogens (tertiary/aromatic N) is 1. The molecule has 1 heterocycles. The van der Waals surface area contributed by atoms with Crippen LogP contribution >= 0.6 is 0 Å². The Morgan fingerprint density at radius 2 is 2.29 bits per heavy atom. The van der Waals surface area contributed by atoms with Crippen molar-refractivity contribution in [2.75, 3.05) is 23.7 Å². The summed E-state index contributed by atoms with van der Waals surface area (Å²) in [6, 6.07) is 4.16. The number of rotatable bonds is 6.